The highest BCUT2D eigenvalue weighted by molar-refractivity contribution is 7.13. The molecule has 1 N–H and O–H groups in total. The molecule has 0 aliphatic carbocycles. The molecule has 7 rings (SSSR count). The molecule has 1 saturated heterocycles. The molecule has 2 atom stereocenters. The largest absolute Gasteiger partial charge is 0.331 e. The van der Waals surface area contributed by atoms with Gasteiger partial charge in [-0.25, -0.2) is 14.4 Å². The number of nitrogens with one attached hydrogen (secondary N) is 1. The summed E-state index contributed by atoms with van der Waals surface area (Å²) in [5, 5.41) is 5.62. The number of likely N-dealkylation sites (tertiary alicyclic amines) is 1. The molecule has 2 aromatic heterocycles. The minimum absolute atomic E-state index is 0.0592. The first-order valence-corrected chi connectivity index (χ1v) is 16.5. The Morgan fingerprint density at radius 1 is 1.18 bits per heavy atom. The van der Waals surface area contributed by atoms with Gasteiger partial charge in [-0.15, -0.1) is 11.3 Å². The summed E-state index contributed by atoms with van der Waals surface area (Å²) < 4.78 is 16.1. The number of anilines is 1. The summed E-state index contributed by atoms with van der Waals surface area (Å²) >= 11 is 15.1. The second kappa shape index (κ2) is 11.9. The van der Waals surface area contributed by atoms with Crippen molar-refractivity contribution in [3.63, 3.8) is 0 Å². The number of hydrogen-bond acceptors (Lipinski definition) is 6. The summed E-state index contributed by atoms with van der Waals surface area (Å²) in [5.74, 6) is -0.396. The van der Waals surface area contributed by atoms with E-state index >= 15 is 0 Å². The number of benzene rings is 2. The number of imidazole rings is 1. The first-order valence-electron chi connectivity index (χ1n) is 14.8. The van der Waals surface area contributed by atoms with Gasteiger partial charge in [-0.3, -0.25) is 14.9 Å². The van der Waals surface area contributed by atoms with Crippen LogP contribution in [0.15, 0.2) is 48.2 Å². The maximum absolute atomic E-state index is 14.4. The fourth-order valence-electron chi connectivity index (χ4n) is 6.75. The molecule has 4 aromatic rings. The zero-order valence-electron chi connectivity index (χ0n) is 24.1. The van der Waals surface area contributed by atoms with Crippen molar-refractivity contribution >= 4 is 51.5 Å². The molecule has 0 saturated carbocycles. The number of aromatic nitrogens is 3. The van der Waals surface area contributed by atoms with Crippen LogP contribution in [-0.2, 0) is 24.3 Å². The van der Waals surface area contributed by atoms with Crippen LogP contribution in [0.1, 0.15) is 64.6 Å². The summed E-state index contributed by atoms with van der Waals surface area (Å²) in [6, 6.07) is 9.02. The first kappa shape index (κ1) is 29.4. The number of nitrogens with zero attached hydrogens (tertiary/aromatic N) is 5. The lowest BCUT2D eigenvalue weighted by Gasteiger charge is -2.31. The lowest BCUT2D eigenvalue weighted by Crippen LogP contribution is -2.38. The third kappa shape index (κ3) is 5.21. The molecular formula is C32H31Cl2FN6O2S. The van der Waals surface area contributed by atoms with E-state index in [0.29, 0.717) is 43.6 Å². The average Bonchev–Trinajstić information content (AvgIpc) is 3.82. The number of carbonyl (C=O) groups is 2. The van der Waals surface area contributed by atoms with Crippen molar-refractivity contribution in [3.8, 4) is 11.1 Å². The smallest absolute Gasteiger partial charge is 0.257 e. The monoisotopic (exact) mass is 652 g/mol. The van der Waals surface area contributed by atoms with Crippen LogP contribution in [-0.4, -0.2) is 62.0 Å². The van der Waals surface area contributed by atoms with Crippen LogP contribution >= 0.6 is 34.5 Å². The summed E-state index contributed by atoms with van der Waals surface area (Å²) in [6.07, 6.45) is 4.40. The Morgan fingerprint density at radius 2 is 1.95 bits per heavy atom. The second-order valence-electron chi connectivity index (χ2n) is 11.6. The van der Waals surface area contributed by atoms with Crippen molar-refractivity contribution in [2.45, 2.75) is 57.4 Å². The van der Waals surface area contributed by atoms with Gasteiger partial charge >= 0.3 is 0 Å². The predicted molar refractivity (Wildman–Crippen MR) is 170 cm³/mol. The molecule has 5 heterocycles. The van der Waals surface area contributed by atoms with Gasteiger partial charge in [-0.1, -0.05) is 54.4 Å². The molecule has 2 amide bonds. The van der Waals surface area contributed by atoms with Crippen molar-refractivity contribution in [1.82, 2.24) is 24.3 Å². The Morgan fingerprint density at radius 3 is 2.66 bits per heavy atom. The third-order valence-electron chi connectivity index (χ3n) is 9.12. The Labute approximate surface area is 268 Å². The van der Waals surface area contributed by atoms with Crippen LogP contribution in [0.2, 0.25) is 10.0 Å². The van der Waals surface area contributed by atoms with Crippen LogP contribution in [0.3, 0.4) is 0 Å². The van der Waals surface area contributed by atoms with Crippen LogP contribution in [0.4, 0.5) is 9.52 Å². The highest BCUT2D eigenvalue weighted by Crippen LogP contribution is 2.44. The van der Waals surface area contributed by atoms with Gasteiger partial charge in [-0.2, -0.15) is 0 Å². The maximum Gasteiger partial charge on any atom is 0.257 e. The average molecular weight is 654 g/mol. The number of fused-ring (bicyclic) bond motifs is 2. The zero-order valence-corrected chi connectivity index (χ0v) is 26.4. The van der Waals surface area contributed by atoms with Crippen molar-refractivity contribution in [3.05, 3.63) is 86.4 Å². The number of halogens is 3. The van der Waals surface area contributed by atoms with E-state index in [9.17, 15) is 14.0 Å². The standard InChI is InChI=1S/C32H31Cl2FN6O2S/c1-2-39-10-7-19(8-11-39)18-3-5-20(6-4-18)22-14-24(33)23-16-41(31(43)26(23)27(22)34)29(30(42)38-32-36-9-12-44-32)28-25-13-21(35)15-40(25)17-37-28/h3-6,9,12,14,17,19,21,29H,2,7-8,10-11,13,15-16H2,1H3,(H,36,38,42). The minimum Gasteiger partial charge on any atom is -0.331 e. The fourth-order valence-corrected chi connectivity index (χ4v) is 7.91. The number of thiazole rings is 1. The van der Waals surface area contributed by atoms with E-state index in [1.54, 1.807) is 22.2 Å². The van der Waals surface area contributed by atoms with E-state index in [-0.39, 0.29) is 25.1 Å². The molecule has 12 heteroatoms. The summed E-state index contributed by atoms with van der Waals surface area (Å²) in [7, 11) is 0. The van der Waals surface area contributed by atoms with Crippen molar-refractivity contribution in [1.29, 1.82) is 0 Å². The van der Waals surface area contributed by atoms with Crippen LogP contribution in [0.5, 0.6) is 0 Å². The highest BCUT2D eigenvalue weighted by Gasteiger charge is 2.43. The van der Waals surface area contributed by atoms with E-state index in [1.165, 1.54) is 28.1 Å². The predicted octanol–water partition coefficient (Wildman–Crippen LogP) is 6.74. The van der Waals surface area contributed by atoms with Crippen LogP contribution < -0.4 is 5.32 Å². The van der Waals surface area contributed by atoms with E-state index < -0.39 is 24.0 Å². The Bertz CT molecular complexity index is 1720. The number of piperidine rings is 1. The molecule has 1 fully saturated rings. The molecule has 0 radical (unpaired) electrons. The van der Waals surface area contributed by atoms with E-state index in [0.717, 1.165) is 38.0 Å². The van der Waals surface area contributed by atoms with Gasteiger partial charge in [0.25, 0.3) is 11.8 Å². The van der Waals surface area contributed by atoms with Crippen molar-refractivity contribution in [2.75, 3.05) is 25.0 Å². The van der Waals surface area contributed by atoms with Crippen molar-refractivity contribution in [2.24, 2.45) is 0 Å². The van der Waals surface area contributed by atoms with Gasteiger partial charge in [0.15, 0.2) is 11.2 Å². The van der Waals surface area contributed by atoms with Gasteiger partial charge in [0.2, 0.25) is 0 Å². The number of hydrogen-bond donors (Lipinski definition) is 1. The molecule has 44 heavy (non-hydrogen) atoms. The number of amides is 2. The molecular weight excluding hydrogens is 622 g/mol. The van der Waals surface area contributed by atoms with Crippen molar-refractivity contribution < 1.29 is 14.0 Å². The zero-order chi connectivity index (χ0) is 30.5. The SMILES string of the molecule is CCN1CCC(c2ccc(-c3cc(Cl)c4c(c3Cl)C(=O)N(C(C(=O)Nc3nccs3)c3ncn5c3CC(F)C5)C4)cc2)CC1. The third-order valence-corrected chi connectivity index (χ3v) is 10.5. The molecule has 3 aliphatic heterocycles. The second-order valence-corrected chi connectivity index (χ2v) is 13.3. The van der Waals surface area contributed by atoms with Gasteiger partial charge in [-0.05, 0) is 55.6 Å². The fraction of sp³-hybridized carbons (Fsp3) is 0.375. The summed E-state index contributed by atoms with van der Waals surface area (Å²) in [5.41, 5.74) is 4.58. The van der Waals surface area contributed by atoms with Gasteiger partial charge in [0.1, 0.15) is 6.17 Å². The Balaban J connectivity index is 1.20. The lowest BCUT2D eigenvalue weighted by atomic mass is 9.88. The summed E-state index contributed by atoms with van der Waals surface area (Å²) in [4.78, 5) is 40.5. The molecule has 2 aromatic carbocycles. The van der Waals surface area contributed by atoms with Gasteiger partial charge in [0, 0.05) is 46.4 Å². The normalized spacial score (nSPS) is 19.3. The van der Waals surface area contributed by atoms with Crippen LogP contribution in [0.25, 0.3) is 11.1 Å². The Kier molecular flexibility index (Phi) is 7.95. The first-order chi connectivity index (χ1) is 21.3. The number of carbonyl (C=O) groups excluding carboxylic acids is 2. The lowest BCUT2D eigenvalue weighted by molar-refractivity contribution is -0.121. The van der Waals surface area contributed by atoms with Gasteiger partial charge < -0.3 is 14.4 Å². The summed E-state index contributed by atoms with van der Waals surface area (Å²) in [6.45, 7) is 5.71. The molecule has 228 valence electrons. The Hall–Kier alpha value is -3.31. The molecule has 8 nitrogen and oxygen atoms in total. The highest BCUT2D eigenvalue weighted by atomic mass is 35.5. The van der Waals surface area contributed by atoms with Gasteiger partial charge in [0.05, 0.1) is 29.2 Å². The van der Waals surface area contributed by atoms with E-state index in [2.05, 4.69) is 39.2 Å². The maximum atomic E-state index is 14.4. The number of alkyl halides is 1. The molecule has 0 bridgehead atoms. The topological polar surface area (TPSA) is 83.4 Å². The molecule has 3 aliphatic rings. The van der Waals surface area contributed by atoms with E-state index in [1.807, 2.05) is 12.1 Å². The minimum atomic E-state index is -1.13. The van der Waals surface area contributed by atoms with E-state index in [4.69, 9.17) is 23.2 Å². The quantitative estimate of drug-likeness (QED) is 0.239. The number of rotatable bonds is 7. The van der Waals surface area contributed by atoms with Crippen LogP contribution in [0, 0.1) is 0 Å². The molecule has 0 spiro atoms. The molecule has 2 unspecified atom stereocenters.